The van der Waals surface area contributed by atoms with Gasteiger partial charge < -0.3 is 15.2 Å². The number of ether oxygens (including phenoxy) is 2. The topological polar surface area (TPSA) is 64.8 Å². The van der Waals surface area contributed by atoms with Crippen molar-refractivity contribution in [2.24, 2.45) is 5.73 Å². The fourth-order valence-corrected chi connectivity index (χ4v) is 1.77. The maximum absolute atomic E-state index is 10.7. The zero-order valence-corrected chi connectivity index (χ0v) is 8.73. The highest BCUT2D eigenvalue weighted by Crippen LogP contribution is 2.10. The van der Waals surface area contributed by atoms with E-state index in [-0.39, 0.29) is 18.1 Å². The molecular formula is C9H18N2O3. The third kappa shape index (κ3) is 3.61. The summed E-state index contributed by atoms with van der Waals surface area (Å²) in [6.07, 6.45) is 0.173. The minimum atomic E-state index is -0.296. The van der Waals surface area contributed by atoms with Crippen LogP contribution in [0.3, 0.4) is 0 Å². The molecule has 0 bridgehead atoms. The molecule has 0 aromatic heterocycles. The number of hydrogen-bond acceptors (Lipinski definition) is 4. The molecule has 1 fully saturated rings. The number of morpholine rings is 1. The lowest BCUT2D eigenvalue weighted by atomic mass is 10.2. The van der Waals surface area contributed by atoms with Gasteiger partial charge in [-0.2, -0.15) is 0 Å². The number of rotatable bonds is 4. The number of amides is 1. The second-order valence-corrected chi connectivity index (χ2v) is 3.68. The van der Waals surface area contributed by atoms with E-state index in [4.69, 9.17) is 15.2 Å². The third-order valence-corrected chi connectivity index (χ3v) is 2.13. The van der Waals surface area contributed by atoms with Gasteiger partial charge in [-0.05, 0) is 6.92 Å². The highest BCUT2D eigenvalue weighted by atomic mass is 16.5. The van der Waals surface area contributed by atoms with Gasteiger partial charge in [0.05, 0.1) is 25.4 Å². The molecule has 0 spiro atoms. The number of nitrogens with two attached hydrogens (primary N) is 1. The number of primary amides is 1. The van der Waals surface area contributed by atoms with Gasteiger partial charge in [-0.25, -0.2) is 0 Å². The molecule has 5 heteroatoms. The van der Waals surface area contributed by atoms with Crippen LogP contribution >= 0.6 is 0 Å². The second-order valence-electron chi connectivity index (χ2n) is 3.68. The second kappa shape index (κ2) is 5.29. The highest BCUT2D eigenvalue weighted by molar-refractivity contribution is 5.75. The summed E-state index contributed by atoms with van der Waals surface area (Å²) >= 11 is 0. The van der Waals surface area contributed by atoms with Crippen molar-refractivity contribution < 1.29 is 14.3 Å². The lowest BCUT2D eigenvalue weighted by Crippen LogP contribution is -2.50. The molecule has 0 aromatic rings. The Morgan fingerprint density at radius 2 is 2.36 bits per heavy atom. The first-order chi connectivity index (χ1) is 6.61. The Hall–Kier alpha value is -0.650. The van der Waals surface area contributed by atoms with Crippen LogP contribution in [0.15, 0.2) is 0 Å². The van der Waals surface area contributed by atoms with E-state index in [1.165, 1.54) is 0 Å². The fourth-order valence-electron chi connectivity index (χ4n) is 1.77. The van der Waals surface area contributed by atoms with Crippen LogP contribution in [0.4, 0.5) is 0 Å². The molecule has 0 aromatic carbocycles. The van der Waals surface area contributed by atoms with Gasteiger partial charge in [-0.3, -0.25) is 9.69 Å². The largest absolute Gasteiger partial charge is 0.382 e. The number of methoxy groups -OCH3 is 1. The molecule has 14 heavy (non-hydrogen) atoms. The molecule has 1 rings (SSSR count). The van der Waals surface area contributed by atoms with Gasteiger partial charge in [-0.1, -0.05) is 0 Å². The number of carbonyl (C=O) groups is 1. The smallest absolute Gasteiger partial charge is 0.231 e. The van der Waals surface area contributed by atoms with Gasteiger partial charge in [0.15, 0.2) is 0 Å². The summed E-state index contributed by atoms with van der Waals surface area (Å²) in [7, 11) is 1.64. The third-order valence-electron chi connectivity index (χ3n) is 2.13. The van der Waals surface area contributed by atoms with Crippen molar-refractivity contribution in [3.63, 3.8) is 0 Å². The minimum absolute atomic E-state index is 0.0445. The molecule has 0 saturated carbocycles. The first-order valence-corrected chi connectivity index (χ1v) is 4.77. The van der Waals surface area contributed by atoms with Gasteiger partial charge >= 0.3 is 0 Å². The summed E-state index contributed by atoms with van der Waals surface area (Å²) in [6.45, 7) is 4.30. The molecule has 2 atom stereocenters. The van der Waals surface area contributed by atoms with E-state index >= 15 is 0 Å². The molecule has 0 radical (unpaired) electrons. The summed E-state index contributed by atoms with van der Waals surface area (Å²) in [5.74, 6) is -0.296. The van der Waals surface area contributed by atoms with Crippen LogP contribution in [0, 0.1) is 0 Å². The number of carbonyl (C=O) groups excluding carboxylic acids is 1. The van der Waals surface area contributed by atoms with Crippen LogP contribution in [-0.2, 0) is 14.3 Å². The summed E-state index contributed by atoms with van der Waals surface area (Å²) in [5, 5.41) is 0. The first kappa shape index (κ1) is 11.4. The Bertz CT molecular complexity index is 198. The van der Waals surface area contributed by atoms with E-state index in [9.17, 15) is 4.79 Å². The maximum Gasteiger partial charge on any atom is 0.231 e. The average molecular weight is 202 g/mol. The Kier molecular flexibility index (Phi) is 4.31. The van der Waals surface area contributed by atoms with Gasteiger partial charge in [0.1, 0.15) is 0 Å². The van der Waals surface area contributed by atoms with Gasteiger partial charge in [-0.15, -0.1) is 0 Å². The van der Waals surface area contributed by atoms with E-state index in [0.717, 1.165) is 6.54 Å². The summed E-state index contributed by atoms with van der Waals surface area (Å²) < 4.78 is 10.6. The molecule has 2 N–H and O–H groups in total. The standard InChI is InChI=1S/C9H18N2O3/c1-7-3-11(5-9(10)12)4-8(14-7)6-13-2/h7-8H,3-6H2,1-2H3,(H2,10,12). The number of hydrogen-bond donors (Lipinski definition) is 1. The van der Waals surface area contributed by atoms with E-state index in [0.29, 0.717) is 19.7 Å². The molecule has 5 nitrogen and oxygen atoms in total. The normalized spacial score (nSPS) is 29.0. The molecule has 0 aliphatic carbocycles. The molecule has 1 aliphatic heterocycles. The van der Waals surface area contributed by atoms with Crippen molar-refractivity contribution in [3.8, 4) is 0 Å². The summed E-state index contributed by atoms with van der Waals surface area (Å²) in [4.78, 5) is 12.7. The minimum Gasteiger partial charge on any atom is -0.382 e. The van der Waals surface area contributed by atoms with E-state index < -0.39 is 0 Å². The lowest BCUT2D eigenvalue weighted by Gasteiger charge is -2.35. The van der Waals surface area contributed by atoms with E-state index in [1.807, 2.05) is 11.8 Å². The Balaban J connectivity index is 2.41. The van der Waals surface area contributed by atoms with Crippen LogP contribution in [0.5, 0.6) is 0 Å². The molecule has 1 amide bonds. The maximum atomic E-state index is 10.7. The van der Waals surface area contributed by atoms with Crippen LogP contribution in [0.2, 0.25) is 0 Å². The molecule has 2 unspecified atom stereocenters. The van der Waals surface area contributed by atoms with E-state index in [1.54, 1.807) is 7.11 Å². The molecule has 1 heterocycles. The summed E-state index contributed by atoms with van der Waals surface area (Å²) in [5.41, 5.74) is 5.14. The molecule has 82 valence electrons. The predicted molar refractivity (Wildman–Crippen MR) is 51.8 cm³/mol. The zero-order valence-electron chi connectivity index (χ0n) is 8.73. The van der Waals surface area contributed by atoms with Crippen molar-refractivity contribution in [1.29, 1.82) is 0 Å². The van der Waals surface area contributed by atoms with Gasteiger partial charge in [0, 0.05) is 20.2 Å². The predicted octanol–water partition coefficient (Wildman–Crippen LogP) is -0.793. The van der Waals surface area contributed by atoms with Crippen molar-refractivity contribution in [1.82, 2.24) is 4.90 Å². The Labute approximate surface area is 84.1 Å². The van der Waals surface area contributed by atoms with Gasteiger partial charge in [0.2, 0.25) is 5.91 Å². The first-order valence-electron chi connectivity index (χ1n) is 4.77. The van der Waals surface area contributed by atoms with Crippen molar-refractivity contribution >= 4 is 5.91 Å². The average Bonchev–Trinajstić information content (AvgIpc) is 2.01. The molecule has 1 saturated heterocycles. The van der Waals surface area contributed by atoms with Crippen LogP contribution < -0.4 is 5.73 Å². The van der Waals surface area contributed by atoms with Crippen LogP contribution in [0.25, 0.3) is 0 Å². The van der Waals surface area contributed by atoms with E-state index in [2.05, 4.69) is 0 Å². The lowest BCUT2D eigenvalue weighted by molar-refractivity contribution is -0.126. The Morgan fingerprint density at radius 1 is 1.64 bits per heavy atom. The van der Waals surface area contributed by atoms with Crippen molar-refractivity contribution in [2.75, 3.05) is 33.4 Å². The van der Waals surface area contributed by atoms with Crippen molar-refractivity contribution in [3.05, 3.63) is 0 Å². The zero-order chi connectivity index (χ0) is 10.6. The van der Waals surface area contributed by atoms with Crippen LogP contribution in [-0.4, -0.2) is 56.4 Å². The molecule has 1 aliphatic rings. The monoisotopic (exact) mass is 202 g/mol. The van der Waals surface area contributed by atoms with Crippen LogP contribution in [0.1, 0.15) is 6.92 Å². The number of nitrogens with zero attached hydrogens (tertiary/aromatic N) is 1. The molecular weight excluding hydrogens is 184 g/mol. The summed E-state index contributed by atoms with van der Waals surface area (Å²) in [6, 6.07) is 0. The SMILES string of the molecule is COCC1CN(CC(N)=O)CC(C)O1. The quantitative estimate of drug-likeness (QED) is 0.648. The highest BCUT2D eigenvalue weighted by Gasteiger charge is 2.25. The van der Waals surface area contributed by atoms with Gasteiger partial charge in [0.25, 0.3) is 0 Å². The Morgan fingerprint density at radius 3 is 2.93 bits per heavy atom. The van der Waals surface area contributed by atoms with Crippen molar-refractivity contribution in [2.45, 2.75) is 19.1 Å². The fraction of sp³-hybridized carbons (Fsp3) is 0.889.